The highest BCUT2D eigenvalue weighted by Crippen LogP contribution is 2.30. The van der Waals surface area contributed by atoms with Gasteiger partial charge >= 0.3 is 0 Å². The van der Waals surface area contributed by atoms with E-state index in [1.54, 1.807) is 6.07 Å². The second-order valence-electron chi connectivity index (χ2n) is 5.50. The number of amides is 1. The van der Waals surface area contributed by atoms with Gasteiger partial charge in [-0.2, -0.15) is 4.91 Å². The molecule has 0 spiro atoms. The van der Waals surface area contributed by atoms with Gasteiger partial charge in [0.05, 0.1) is 16.9 Å². The van der Waals surface area contributed by atoms with E-state index in [9.17, 15) is 22.9 Å². The lowest BCUT2D eigenvalue weighted by Crippen LogP contribution is -2.52. The molecule has 2 aromatic carbocycles. The van der Waals surface area contributed by atoms with Crippen LogP contribution in [0.3, 0.4) is 0 Å². The summed E-state index contributed by atoms with van der Waals surface area (Å²) < 4.78 is 42.5. The fourth-order valence-electron chi connectivity index (χ4n) is 2.43. The molecule has 130 valence electrons. The van der Waals surface area contributed by atoms with Crippen molar-refractivity contribution in [2.75, 3.05) is 18.4 Å². The van der Waals surface area contributed by atoms with Crippen LogP contribution in [0.1, 0.15) is 10.4 Å². The van der Waals surface area contributed by atoms with Gasteiger partial charge in [-0.25, -0.2) is 13.2 Å². The number of hydrogen-bond donors (Lipinski definition) is 1. The Hall–Kier alpha value is -2.17. The number of likely N-dealkylation sites (tertiary alicyclic amines) is 1. The van der Waals surface area contributed by atoms with Gasteiger partial charge in [-0.05, 0) is 52.9 Å². The Balaban J connectivity index is 1.96. The van der Waals surface area contributed by atoms with Gasteiger partial charge in [-0.3, -0.25) is 4.79 Å². The summed E-state index contributed by atoms with van der Waals surface area (Å²) in [6, 6.07) is 5.62. The number of rotatable bonds is 4. The summed E-state index contributed by atoms with van der Waals surface area (Å²) in [6.45, 7) is 0.220. The highest BCUT2D eigenvalue weighted by molar-refractivity contribution is 14.1. The predicted molar refractivity (Wildman–Crippen MR) is 94.2 cm³/mol. The number of anilines is 2. The largest absolute Gasteiger partial charge is 0.350 e. The van der Waals surface area contributed by atoms with Crippen LogP contribution in [-0.2, 0) is 0 Å². The molecule has 1 aliphatic heterocycles. The average molecular weight is 461 g/mol. The Morgan fingerprint density at radius 2 is 1.88 bits per heavy atom. The summed E-state index contributed by atoms with van der Waals surface area (Å²) in [5, 5.41) is 5.28. The Bertz CT molecular complexity index is 857. The van der Waals surface area contributed by atoms with Crippen molar-refractivity contribution < 1.29 is 18.0 Å². The van der Waals surface area contributed by atoms with Crippen molar-refractivity contribution in [3.8, 4) is 0 Å². The molecule has 5 nitrogen and oxygen atoms in total. The zero-order valence-electron chi connectivity index (χ0n) is 12.6. The topological polar surface area (TPSA) is 61.8 Å². The smallest absolute Gasteiger partial charge is 0.256 e. The standard InChI is InChI=1S/C16H11F3IN3O2/c17-11-3-2-10(16(24)23-6-9(7-23)22-25)15(14(11)19)21-13-4-1-8(20)5-12(13)18/h1-5,9,21H,6-7H2. The first-order valence-corrected chi connectivity index (χ1v) is 8.30. The molecule has 1 amide bonds. The number of nitroso groups, excluding NO2 is 1. The van der Waals surface area contributed by atoms with Crippen LogP contribution >= 0.6 is 22.6 Å². The van der Waals surface area contributed by atoms with Gasteiger partial charge in [0.1, 0.15) is 11.9 Å². The van der Waals surface area contributed by atoms with Crippen molar-refractivity contribution in [3.05, 3.63) is 61.8 Å². The minimum atomic E-state index is -1.28. The van der Waals surface area contributed by atoms with Crippen LogP contribution in [0, 0.1) is 25.9 Å². The van der Waals surface area contributed by atoms with Gasteiger partial charge in [0.2, 0.25) is 0 Å². The van der Waals surface area contributed by atoms with E-state index >= 15 is 0 Å². The van der Waals surface area contributed by atoms with Crippen LogP contribution < -0.4 is 5.32 Å². The van der Waals surface area contributed by atoms with E-state index in [1.807, 2.05) is 22.6 Å². The number of carbonyl (C=O) groups is 1. The molecule has 1 N–H and O–H groups in total. The molecule has 3 rings (SSSR count). The van der Waals surface area contributed by atoms with Gasteiger partial charge in [-0.15, -0.1) is 0 Å². The summed E-state index contributed by atoms with van der Waals surface area (Å²) >= 11 is 1.91. The number of benzene rings is 2. The molecule has 1 fully saturated rings. The maximum Gasteiger partial charge on any atom is 0.256 e. The number of nitrogens with zero attached hydrogens (tertiary/aromatic N) is 2. The van der Waals surface area contributed by atoms with Crippen molar-refractivity contribution in [1.29, 1.82) is 0 Å². The molecule has 0 saturated carbocycles. The molecule has 1 heterocycles. The van der Waals surface area contributed by atoms with Crippen molar-refractivity contribution in [3.63, 3.8) is 0 Å². The summed E-state index contributed by atoms with van der Waals surface area (Å²) in [6.07, 6.45) is 0. The van der Waals surface area contributed by atoms with Crippen molar-refractivity contribution in [2.24, 2.45) is 5.18 Å². The molecular formula is C16H11F3IN3O2. The second kappa shape index (κ2) is 6.98. The molecule has 25 heavy (non-hydrogen) atoms. The third kappa shape index (κ3) is 3.46. The monoisotopic (exact) mass is 461 g/mol. The molecule has 0 aromatic heterocycles. The van der Waals surface area contributed by atoms with Crippen LogP contribution in [-0.4, -0.2) is 29.9 Å². The number of halogens is 4. The maximum absolute atomic E-state index is 14.2. The molecule has 0 aliphatic carbocycles. The van der Waals surface area contributed by atoms with Crippen LogP contribution in [0.5, 0.6) is 0 Å². The third-order valence-electron chi connectivity index (χ3n) is 3.81. The number of hydrogen-bond acceptors (Lipinski definition) is 4. The quantitative estimate of drug-likeness (QED) is 0.553. The van der Waals surface area contributed by atoms with E-state index < -0.39 is 35.1 Å². The molecular weight excluding hydrogens is 450 g/mol. The van der Waals surface area contributed by atoms with E-state index in [2.05, 4.69) is 10.5 Å². The maximum atomic E-state index is 14.2. The van der Waals surface area contributed by atoms with Crippen LogP contribution in [0.25, 0.3) is 0 Å². The van der Waals surface area contributed by atoms with Crippen molar-refractivity contribution >= 4 is 39.9 Å². The van der Waals surface area contributed by atoms with Crippen LogP contribution in [0.2, 0.25) is 0 Å². The van der Waals surface area contributed by atoms with Gasteiger partial charge in [0, 0.05) is 16.7 Å². The lowest BCUT2D eigenvalue weighted by atomic mass is 10.1. The highest BCUT2D eigenvalue weighted by Gasteiger charge is 2.34. The first-order chi connectivity index (χ1) is 11.9. The Morgan fingerprint density at radius 1 is 1.16 bits per heavy atom. The fraction of sp³-hybridized carbons (Fsp3) is 0.188. The second-order valence-corrected chi connectivity index (χ2v) is 6.75. The van der Waals surface area contributed by atoms with Gasteiger partial charge in [0.25, 0.3) is 5.91 Å². The molecule has 0 atom stereocenters. The van der Waals surface area contributed by atoms with Crippen LogP contribution in [0.15, 0.2) is 35.5 Å². The third-order valence-corrected chi connectivity index (χ3v) is 4.49. The van der Waals surface area contributed by atoms with Gasteiger partial charge in [-0.1, -0.05) is 5.18 Å². The van der Waals surface area contributed by atoms with E-state index in [1.165, 1.54) is 17.0 Å². The first-order valence-electron chi connectivity index (χ1n) is 7.22. The summed E-state index contributed by atoms with van der Waals surface area (Å²) in [4.78, 5) is 24.2. The van der Waals surface area contributed by atoms with E-state index in [0.29, 0.717) is 3.57 Å². The molecule has 1 aliphatic rings. The fourth-order valence-corrected chi connectivity index (χ4v) is 2.89. The Labute approximate surface area is 154 Å². The molecule has 9 heteroatoms. The molecule has 1 saturated heterocycles. The highest BCUT2D eigenvalue weighted by atomic mass is 127. The minimum absolute atomic E-state index is 0.0880. The first kappa shape index (κ1) is 17.6. The number of nitrogens with one attached hydrogen (secondary N) is 1. The normalized spacial score (nSPS) is 14.2. The molecule has 2 aromatic rings. The Morgan fingerprint density at radius 3 is 2.52 bits per heavy atom. The Kier molecular flexibility index (Phi) is 4.93. The summed E-state index contributed by atoms with van der Waals surface area (Å²) in [7, 11) is 0. The van der Waals surface area contributed by atoms with Gasteiger partial charge in [0.15, 0.2) is 11.6 Å². The lowest BCUT2D eigenvalue weighted by molar-refractivity contribution is 0.0609. The number of carbonyl (C=O) groups excluding carboxylic acids is 1. The van der Waals surface area contributed by atoms with Crippen LogP contribution in [0.4, 0.5) is 24.5 Å². The molecule has 0 unspecified atom stereocenters. The average Bonchev–Trinajstić information content (AvgIpc) is 2.53. The minimum Gasteiger partial charge on any atom is -0.350 e. The van der Waals surface area contributed by atoms with E-state index in [0.717, 1.165) is 12.1 Å². The zero-order valence-corrected chi connectivity index (χ0v) is 14.8. The van der Waals surface area contributed by atoms with E-state index in [-0.39, 0.29) is 24.3 Å². The molecule has 0 bridgehead atoms. The lowest BCUT2D eigenvalue weighted by Gasteiger charge is -2.35. The van der Waals surface area contributed by atoms with Crippen molar-refractivity contribution in [1.82, 2.24) is 4.90 Å². The summed E-state index contributed by atoms with van der Waals surface area (Å²) in [5.41, 5.74) is -0.691. The summed E-state index contributed by atoms with van der Waals surface area (Å²) in [5.74, 6) is -3.70. The van der Waals surface area contributed by atoms with E-state index in [4.69, 9.17) is 0 Å². The predicted octanol–water partition coefficient (Wildman–Crippen LogP) is 4.04. The van der Waals surface area contributed by atoms with Gasteiger partial charge < -0.3 is 10.2 Å². The SMILES string of the molecule is O=NC1CN(C(=O)c2ccc(F)c(F)c2Nc2ccc(I)cc2F)C1. The van der Waals surface area contributed by atoms with Crippen molar-refractivity contribution in [2.45, 2.75) is 6.04 Å². The zero-order chi connectivity index (χ0) is 18.1. The molecule has 0 radical (unpaired) electrons.